The Bertz CT molecular complexity index is 440. The van der Waals surface area contributed by atoms with Crippen LogP contribution >= 0.6 is 0 Å². The topological polar surface area (TPSA) is 95.8 Å². The molecule has 1 atom stereocenters. The number of aliphatic imine (C=N–C) groups is 1. The Kier molecular flexibility index (Phi) is 5.74. The van der Waals surface area contributed by atoms with E-state index in [0.717, 1.165) is 0 Å². The van der Waals surface area contributed by atoms with Crippen LogP contribution < -0.4 is 10.6 Å². The molecule has 1 heterocycles. The van der Waals surface area contributed by atoms with E-state index in [1.807, 2.05) is 0 Å². The average molecular weight is 266 g/mol. The van der Waals surface area contributed by atoms with Gasteiger partial charge in [-0.2, -0.15) is 0 Å². The quantitative estimate of drug-likeness (QED) is 0.383. The maximum Gasteiger partial charge on any atom is 0.354 e. The van der Waals surface area contributed by atoms with Crippen molar-refractivity contribution < 1.29 is 14.3 Å². The van der Waals surface area contributed by atoms with Crippen molar-refractivity contribution in [2.45, 2.75) is 20.2 Å². The molecule has 1 rings (SSSR count). The molecule has 0 saturated carbocycles. The Hall–Kier alpha value is -2.15. The van der Waals surface area contributed by atoms with E-state index in [1.54, 1.807) is 26.1 Å². The van der Waals surface area contributed by atoms with E-state index in [0.29, 0.717) is 5.84 Å². The molecule has 0 amide bonds. The third kappa shape index (κ3) is 4.92. The minimum Gasteiger partial charge on any atom is -0.461 e. The number of nitrogens with zero attached hydrogens (tertiary/aromatic N) is 1. The first-order chi connectivity index (χ1) is 9.06. The number of nitrogens with one attached hydrogen (secondary N) is 3. The van der Waals surface area contributed by atoms with Gasteiger partial charge in [-0.05, 0) is 26.0 Å². The molecule has 0 aromatic rings. The second-order valence-electron chi connectivity index (χ2n) is 3.69. The fourth-order valence-electron chi connectivity index (χ4n) is 1.32. The minimum absolute atomic E-state index is 0.162. The molecule has 1 aliphatic heterocycles. The lowest BCUT2D eigenvalue weighted by molar-refractivity contribution is -0.138. The lowest BCUT2D eigenvalue weighted by Gasteiger charge is -2.18. The van der Waals surface area contributed by atoms with Gasteiger partial charge in [-0.3, -0.25) is 0 Å². The predicted octanol–water partition coefficient (Wildman–Crippen LogP) is 0.508. The molecule has 0 bridgehead atoms. The van der Waals surface area contributed by atoms with Crippen molar-refractivity contribution in [2.75, 3.05) is 13.7 Å². The van der Waals surface area contributed by atoms with Crippen molar-refractivity contribution in [3.63, 3.8) is 0 Å². The third-order valence-electron chi connectivity index (χ3n) is 2.08. The van der Waals surface area contributed by atoms with Gasteiger partial charge in [0.2, 0.25) is 6.35 Å². The van der Waals surface area contributed by atoms with Crippen molar-refractivity contribution >= 4 is 17.5 Å². The molecule has 0 radical (unpaired) electrons. The summed E-state index contributed by atoms with van der Waals surface area (Å²) in [6.07, 6.45) is 4.20. The van der Waals surface area contributed by atoms with Gasteiger partial charge in [0.05, 0.1) is 6.61 Å². The lowest BCUT2D eigenvalue weighted by Crippen LogP contribution is -2.35. The number of allylic oxidation sites excluding steroid dienone is 1. The van der Waals surface area contributed by atoms with Gasteiger partial charge in [-0.1, -0.05) is 0 Å². The van der Waals surface area contributed by atoms with Crippen LogP contribution in [0.3, 0.4) is 0 Å². The van der Waals surface area contributed by atoms with Crippen molar-refractivity contribution in [3.05, 3.63) is 24.0 Å². The normalized spacial score (nSPS) is 18.4. The molecular formula is C12H18N4O3. The Morgan fingerprint density at radius 1 is 1.68 bits per heavy atom. The number of ether oxygens (including phenoxy) is 2. The first-order valence-corrected chi connectivity index (χ1v) is 5.81. The zero-order valence-electron chi connectivity index (χ0n) is 11.2. The lowest BCUT2D eigenvalue weighted by atomic mass is 10.3. The Labute approximate surface area is 111 Å². The summed E-state index contributed by atoms with van der Waals surface area (Å²) < 4.78 is 9.93. The van der Waals surface area contributed by atoms with Crippen LogP contribution in [0.25, 0.3) is 0 Å². The number of carbonyl (C=O) groups is 1. The van der Waals surface area contributed by atoms with E-state index in [4.69, 9.17) is 14.9 Å². The SMILES string of the molecule is CCOC(=O)/C(=C/C(C)=N)NC1=NC(OC)NC=C1. The molecule has 0 aromatic heterocycles. The van der Waals surface area contributed by atoms with Gasteiger partial charge in [0.25, 0.3) is 0 Å². The summed E-state index contributed by atoms with van der Waals surface area (Å²) in [5.41, 5.74) is 0.395. The second-order valence-corrected chi connectivity index (χ2v) is 3.69. The molecule has 7 heteroatoms. The zero-order chi connectivity index (χ0) is 14.3. The fourth-order valence-corrected chi connectivity index (χ4v) is 1.32. The van der Waals surface area contributed by atoms with Gasteiger partial charge >= 0.3 is 5.97 Å². The average Bonchev–Trinajstić information content (AvgIpc) is 2.38. The van der Waals surface area contributed by atoms with Gasteiger partial charge < -0.3 is 25.5 Å². The summed E-state index contributed by atoms with van der Waals surface area (Å²) in [7, 11) is 1.52. The van der Waals surface area contributed by atoms with E-state index in [1.165, 1.54) is 13.2 Å². The highest BCUT2D eigenvalue weighted by Crippen LogP contribution is 2.00. The van der Waals surface area contributed by atoms with E-state index in [9.17, 15) is 4.79 Å². The number of carbonyl (C=O) groups excluding carboxylic acids is 1. The summed E-state index contributed by atoms with van der Waals surface area (Å²) in [6, 6.07) is 0. The highest BCUT2D eigenvalue weighted by atomic mass is 16.5. The molecule has 0 spiro atoms. The molecular weight excluding hydrogens is 248 g/mol. The Balaban J connectivity index is 2.83. The number of hydrogen-bond acceptors (Lipinski definition) is 7. The summed E-state index contributed by atoms with van der Waals surface area (Å²) in [6.45, 7) is 3.55. The monoisotopic (exact) mass is 266 g/mol. The van der Waals surface area contributed by atoms with Gasteiger partial charge in [0.15, 0.2) is 0 Å². The molecule has 3 N–H and O–H groups in total. The number of methoxy groups -OCH3 is 1. The first kappa shape index (κ1) is 14.9. The summed E-state index contributed by atoms with van der Waals surface area (Å²) in [5, 5.41) is 13.1. The maximum absolute atomic E-state index is 11.7. The molecule has 104 valence electrons. The summed E-state index contributed by atoms with van der Waals surface area (Å²) in [5.74, 6) is -0.0798. The maximum atomic E-state index is 11.7. The third-order valence-corrected chi connectivity index (χ3v) is 2.08. The zero-order valence-corrected chi connectivity index (χ0v) is 11.2. The van der Waals surface area contributed by atoms with Crippen LogP contribution in [0.1, 0.15) is 13.8 Å². The number of rotatable bonds is 5. The van der Waals surface area contributed by atoms with Gasteiger partial charge in [-0.15, -0.1) is 0 Å². The van der Waals surface area contributed by atoms with E-state index >= 15 is 0 Å². The minimum atomic E-state index is -0.530. The molecule has 0 saturated heterocycles. The van der Waals surface area contributed by atoms with Crippen molar-refractivity contribution in [1.82, 2.24) is 10.6 Å². The van der Waals surface area contributed by atoms with Gasteiger partial charge in [0.1, 0.15) is 11.5 Å². The van der Waals surface area contributed by atoms with Crippen molar-refractivity contribution in [1.29, 1.82) is 5.41 Å². The Morgan fingerprint density at radius 2 is 2.42 bits per heavy atom. The summed E-state index contributed by atoms with van der Waals surface area (Å²) in [4.78, 5) is 15.9. The smallest absolute Gasteiger partial charge is 0.354 e. The van der Waals surface area contributed by atoms with Crippen molar-refractivity contribution in [2.24, 2.45) is 4.99 Å². The Morgan fingerprint density at radius 3 is 3.00 bits per heavy atom. The highest BCUT2D eigenvalue weighted by molar-refractivity contribution is 6.05. The summed E-state index contributed by atoms with van der Waals surface area (Å²) >= 11 is 0. The largest absolute Gasteiger partial charge is 0.461 e. The first-order valence-electron chi connectivity index (χ1n) is 5.81. The van der Waals surface area contributed by atoms with E-state index < -0.39 is 12.3 Å². The van der Waals surface area contributed by atoms with Crippen LogP contribution in [-0.2, 0) is 14.3 Å². The molecule has 1 aliphatic rings. The van der Waals surface area contributed by atoms with Crippen LogP contribution in [-0.4, -0.2) is 37.6 Å². The second kappa shape index (κ2) is 7.32. The molecule has 0 aromatic carbocycles. The van der Waals surface area contributed by atoms with Crippen LogP contribution in [0.2, 0.25) is 0 Å². The van der Waals surface area contributed by atoms with E-state index in [-0.39, 0.29) is 18.0 Å². The molecule has 0 fully saturated rings. The standard InChI is InChI=1S/C12H18N4O3/c1-4-19-11(17)9(7-8(2)13)15-10-5-6-14-12(16-10)18-3/h5-7,12-14H,4H2,1-3H3,(H,15,16)/b9-7-,13-8?. The molecule has 1 unspecified atom stereocenters. The highest BCUT2D eigenvalue weighted by Gasteiger charge is 2.15. The van der Waals surface area contributed by atoms with E-state index in [2.05, 4.69) is 15.6 Å². The number of amidine groups is 1. The predicted molar refractivity (Wildman–Crippen MR) is 71.8 cm³/mol. The van der Waals surface area contributed by atoms with Crippen LogP contribution in [0.4, 0.5) is 0 Å². The number of esters is 1. The molecule has 0 aliphatic carbocycles. The molecule has 19 heavy (non-hydrogen) atoms. The van der Waals surface area contributed by atoms with Crippen LogP contribution in [0, 0.1) is 5.41 Å². The van der Waals surface area contributed by atoms with Gasteiger partial charge in [-0.25, -0.2) is 9.79 Å². The fraction of sp³-hybridized carbons (Fsp3) is 0.417. The number of hydrogen-bond donors (Lipinski definition) is 3. The van der Waals surface area contributed by atoms with Crippen LogP contribution in [0.15, 0.2) is 29.0 Å². The molecule has 7 nitrogen and oxygen atoms in total. The van der Waals surface area contributed by atoms with Gasteiger partial charge in [0, 0.05) is 19.0 Å². The van der Waals surface area contributed by atoms with Crippen LogP contribution in [0.5, 0.6) is 0 Å². The van der Waals surface area contributed by atoms with Crippen molar-refractivity contribution in [3.8, 4) is 0 Å².